The molecule has 0 saturated carbocycles. The molecule has 3 heterocycles. The molecule has 4 rings (SSSR count). The Balaban J connectivity index is 1.70. The predicted molar refractivity (Wildman–Crippen MR) is 103 cm³/mol. The van der Waals surface area contributed by atoms with Crippen LogP contribution in [0.5, 0.6) is 0 Å². The maximum absolute atomic E-state index is 11.2. The van der Waals surface area contributed by atoms with Crippen LogP contribution in [0, 0.1) is 12.8 Å². The number of carboxylic acid groups (broad SMARTS) is 1. The van der Waals surface area contributed by atoms with Gasteiger partial charge in [-0.3, -0.25) is 4.79 Å². The van der Waals surface area contributed by atoms with Crippen LogP contribution in [0.1, 0.15) is 17.5 Å². The number of hydrogen-bond acceptors (Lipinski definition) is 6. The molecule has 1 aliphatic rings. The summed E-state index contributed by atoms with van der Waals surface area (Å²) < 4.78 is 0. The molecule has 2 aromatic heterocycles. The van der Waals surface area contributed by atoms with E-state index in [-0.39, 0.29) is 5.92 Å². The minimum absolute atomic E-state index is 0.355. The van der Waals surface area contributed by atoms with E-state index in [2.05, 4.69) is 50.4 Å². The highest BCUT2D eigenvalue weighted by Gasteiger charge is 2.30. The Morgan fingerprint density at radius 2 is 2.26 bits per heavy atom. The highest BCUT2D eigenvalue weighted by Crippen LogP contribution is 2.29. The fourth-order valence-corrected chi connectivity index (χ4v) is 3.57. The van der Waals surface area contributed by atoms with E-state index in [0.717, 1.165) is 23.3 Å². The molecule has 140 valence electrons. The molecule has 0 bridgehead atoms. The maximum atomic E-state index is 11.2. The number of hydrogen-bond donors (Lipinski definition) is 3. The maximum Gasteiger partial charge on any atom is 0.308 e. The van der Waals surface area contributed by atoms with Gasteiger partial charge in [0.05, 0.1) is 11.6 Å². The summed E-state index contributed by atoms with van der Waals surface area (Å²) in [6.07, 6.45) is 2.14. The summed E-state index contributed by atoms with van der Waals surface area (Å²) in [4.78, 5) is 29.8. The van der Waals surface area contributed by atoms with Crippen molar-refractivity contribution in [1.82, 2.24) is 25.3 Å². The number of imidazole rings is 1. The number of nitrogens with zero attached hydrogens (tertiary/aromatic N) is 4. The minimum Gasteiger partial charge on any atom is -0.481 e. The first kappa shape index (κ1) is 17.4. The highest BCUT2D eigenvalue weighted by molar-refractivity contribution is 5.88. The number of nitrogens with one attached hydrogen (secondary N) is 2. The van der Waals surface area contributed by atoms with Gasteiger partial charge < -0.3 is 20.3 Å². The molecular weight excluding hydrogens is 344 g/mol. The largest absolute Gasteiger partial charge is 0.481 e. The molecule has 3 aromatic rings. The normalized spacial score (nSPS) is 17.0. The Hall–Kier alpha value is -3.00. The number of aromatic amines is 1. The van der Waals surface area contributed by atoms with Crippen molar-refractivity contribution < 1.29 is 9.90 Å². The molecule has 8 heteroatoms. The lowest BCUT2D eigenvalue weighted by molar-refractivity contribution is -0.140. The zero-order chi connectivity index (χ0) is 19.0. The van der Waals surface area contributed by atoms with Gasteiger partial charge in [0.25, 0.3) is 0 Å². The smallest absolute Gasteiger partial charge is 0.308 e. The van der Waals surface area contributed by atoms with E-state index >= 15 is 0 Å². The molecule has 3 N–H and O–H groups in total. The van der Waals surface area contributed by atoms with Gasteiger partial charge in [-0.1, -0.05) is 12.1 Å². The Morgan fingerprint density at radius 3 is 2.96 bits per heavy atom. The zero-order valence-electron chi connectivity index (χ0n) is 15.4. The van der Waals surface area contributed by atoms with Gasteiger partial charge in [0.2, 0.25) is 5.95 Å². The molecule has 1 aliphatic heterocycles. The van der Waals surface area contributed by atoms with E-state index in [1.165, 1.54) is 17.5 Å². The molecule has 1 saturated heterocycles. The van der Waals surface area contributed by atoms with E-state index < -0.39 is 5.97 Å². The molecule has 1 fully saturated rings. The number of carbonyl (C=O) groups is 1. The molecule has 0 radical (unpaired) electrons. The van der Waals surface area contributed by atoms with Gasteiger partial charge in [-0.15, -0.1) is 0 Å². The van der Waals surface area contributed by atoms with Crippen LogP contribution in [-0.4, -0.2) is 51.1 Å². The van der Waals surface area contributed by atoms with Crippen LogP contribution in [0.15, 0.2) is 24.5 Å². The standard InChI is InChI=1S/C19H22N6O2/c1-11-7-12(3-4-13(11)8-20-2)15-16-17(22-10-21-15)24-19(23-16)25-6-5-14(9-25)18(26)27/h3-4,7,10,14,20H,5-6,8-9H2,1-2H3,(H,26,27)(H,21,22,23,24). The van der Waals surface area contributed by atoms with E-state index in [4.69, 9.17) is 0 Å². The number of rotatable bonds is 5. The summed E-state index contributed by atoms with van der Waals surface area (Å²) in [6.45, 7) is 4.02. The van der Waals surface area contributed by atoms with Gasteiger partial charge in [-0.25, -0.2) is 9.97 Å². The van der Waals surface area contributed by atoms with E-state index in [0.29, 0.717) is 31.1 Å². The average Bonchev–Trinajstić information content (AvgIpc) is 3.30. The number of benzene rings is 1. The van der Waals surface area contributed by atoms with E-state index in [1.807, 2.05) is 11.9 Å². The van der Waals surface area contributed by atoms with E-state index in [9.17, 15) is 9.90 Å². The number of H-pyrrole nitrogens is 1. The molecule has 0 spiro atoms. The number of carboxylic acids is 1. The second-order valence-electron chi connectivity index (χ2n) is 6.92. The monoisotopic (exact) mass is 366 g/mol. The summed E-state index contributed by atoms with van der Waals surface area (Å²) in [5.74, 6) is -0.462. The number of aliphatic carboxylic acids is 1. The number of aromatic nitrogens is 4. The third kappa shape index (κ3) is 3.23. The zero-order valence-corrected chi connectivity index (χ0v) is 15.4. The van der Waals surface area contributed by atoms with Crippen molar-refractivity contribution in [3.05, 3.63) is 35.7 Å². The van der Waals surface area contributed by atoms with Crippen LogP contribution in [0.25, 0.3) is 22.4 Å². The molecule has 1 atom stereocenters. The number of aryl methyl sites for hydroxylation is 1. The van der Waals surface area contributed by atoms with Crippen LogP contribution in [-0.2, 0) is 11.3 Å². The first-order valence-corrected chi connectivity index (χ1v) is 8.99. The summed E-state index contributed by atoms with van der Waals surface area (Å²) >= 11 is 0. The van der Waals surface area contributed by atoms with Gasteiger partial charge in [-0.05, 0) is 37.6 Å². The van der Waals surface area contributed by atoms with Crippen molar-refractivity contribution in [3.63, 3.8) is 0 Å². The average molecular weight is 366 g/mol. The lowest BCUT2D eigenvalue weighted by Gasteiger charge is -2.13. The minimum atomic E-state index is -0.758. The Labute approximate surface area is 156 Å². The number of fused-ring (bicyclic) bond motifs is 1. The Kier molecular flexibility index (Phi) is 4.49. The van der Waals surface area contributed by atoms with Gasteiger partial charge in [0.15, 0.2) is 5.65 Å². The first-order chi connectivity index (χ1) is 13.1. The predicted octanol–water partition coefficient (Wildman–Crippen LogP) is 1.96. The molecule has 8 nitrogen and oxygen atoms in total. The number of anilines is 1. The Bertz CT molecular complexity index is 999. The van der Waals surface area contributed by atoms with Gasteiger partial charge in [-0.2, -0.15) is 4.98 Å². The van der Waals surface area contributed by atoms with Crippen molar-refractivity contribution in [2.24, 2.45) is 5.92 Å². The fourth-order valence-electron chi connectivity index (χ4n) is 3.57. The third-order valence-electron chi connectivity index (χ3n) is 5.10. The lowest BCUT2D eigenvalue weighted by Crippen LogP contribution is -2.23. The van der Waals surface area contributed by atoms with Gasteiger partial charge >= 0.3 is 5.97 Å². The molecule has 0 aliphatic carbocycles. The quantitative estimate of drug-likeness (QED) is 0.633. The molecule has 1 unspecified atom stereocenters. The molecule has 1 aromatic carbocycles. The summed E-state index contributed by atoms with van der Waals surface area (Å²) in [5.41, 5.74) is 5.59. The van der Waals surface area contributed by atoms with Crippen molar-refractivity contribution in [3.8, 4) is 11.3 Å². The first-order valence-electron chi connectivity index (χ1n) is 8.99. The summed E-state index contributed by atoms with van der Waals surface area (Å²) in [7, 11) is 1.93. The van der Waals surface area contributed by atoms with Crippen molar-refractivity contribution in [2.75, 3.05) is 25.0 Å². The van der Waals surface area contributed by atoms with Crippen molar-refractivity contribution in [1.29, 1.82) is 0 Å². The van der Waals surface area contributed by atoms with E-state index in [1.54, 1.807) is 0 Å². The highest BCUT2D eigenvalue weighted by atomic mass is 16.4. The van der Waals surface area contributed by atoms with Crippen LogP contribution >= 0.6 is 0 Å². The second kappa shape index (κ2) is 6.96. The SMILES string of the molecule is CNCc1ccc(-c2ncnc3nc(N4CCC(C(=O)O)C4)[nH]c23)cc1C. The van der Waals surface area contributed by atoms with Crippen LogP contribution in [0.4, 0.5) is 5.95 Å². The van der Waals surface area contributed by atoms with Gasteiger partial charge in [0.1, 0.15) is 11.8 Å². The van der Waals surface area contributed by atoms with Crippen LogP contribution in [0.3, 0.4) is 0 Å². The van der Waals surface area contributed by atoms with Gasteiger partial charge in [0, 0.05) is 25.2 Å². The topological polar surface area (TPSA) is 107 Å². The lowest BCUT2D eigenvalue weighted by atomic mass is 10.0. The molecule has 27 heavy (non-hydrogen) atoms. The molecule has 0 amide bonds. The van der Waals surface area contributed by atoms with Crippen molar-refractivity contribution in [2.45, 2.75) is 19.9 Å². The fraction of sp³-hybridized carbons (Fsp3) is 0.368. The Morgan fingerprint density at radius 1 is 1.41 bits per heavy atom. The summed E-state index contributed by atoms with van der Waals surface area (Å²) in [6, 6.07) is 6.27. The third-order valence-corrected chi connectivity index (χ3v) is 5.10. The second-order valence-corrected chi connectivity index (χ2v) is 6.92. The van der Waals surface area contributed by atoms with Crippen LogP contribution in [0.2, 0.25) is 0 Å². The molecular formula is C19H22N6O2. The van der Waals surface area contributed by atoms with Crippen molar-refractivity contribution >= 4 is 23.1 Å². The van der Waals surface area contributed by atoms with Crippen LogP contribution < -0.4 is 10.2 Å². The summed E-state index contributed by atoms with van der Waals surface area (Å²) in [5, 5.41) is 12.4.